The Labute approximate surface area is 255 Å². The number of rotatable bonds is 11. The summed E-state index contributed by atoms with van der Waals surface area (Å²) in [6.45, 7) is 3.62. The highest BCUT2D eigenvalue weighted by molar-refractivity contribution is 5.90. The summed E-state index contributed by atoms with van der Waals surface area (Å²) in [5.74, 6) is 0. The van der Waals surface area contributed by atoms with Gasteiger partial charge in [-0.15, -0.1) is 0 Å². The molecule has 5 aromatic carbocycles. The molecule has 0 amide bonds. The van der Waals surface area contributed by atoms with Crippen LogP contribution in [0.2, 0.25) is 0 Å². The van der Waals surface area contributed by atoms with E-state index in [9.17, 15) is 5.26 Å². The molecule has 210 valence electrons. The Balaban J connectivity index is 1.32. The number of hydrogen-bond acceptors (Lipinski definition) is 3. The minimum Gasteiger partial charge on any atom is -0.311 e. The predicted molar refractivity (Wildman–Crippen MR) is 182 cm³/mol. The molecule has 0 heterocycles. The van der Waals surface area contributed by atoms with E-state index in [4.69, 9.17) is 0 Å². The number of benzene rings is 5. The monoisotopic (exact) mass is 557 g/mol. The van der Waals surface area contributed by atoms with Gasteiger partial charge in [-0.3, -0.25) is 0 Å². The van der Waals surface area contributed by atoms with Crippen LogP contribution in [-0.4, -0.2) is 6.54 Å². The SMILES string of the molecule is C/C=C\C(=C/CNCc1ccccc1)c1ccc(/C(C#N)=C/c2ccc(N(c3ccccc3)c3ccccc3)cc2)cc1. The third kappa shape index (κ3) is 7.86. The van der Waals surface area contributed by atoms with Gasteiger partial charge < -0.3 is 10.2 Å². The van der Waals surface area contributed by atoms with Crippen molar-refractivity contribution in [2.75, 3.05) is 11.4 Å². The van der Waals surface area contributed by atoms with E-state index in [-0.39, 0.29) is 0 Å². The molecule has 5 aromatic rings. The zero-order valence-electron chi connectivity index (χ0n) is 24.4. The van der Waals surface area contributed by atoms with Crippen molar-refractivity contribution in [1.29, 1.82) is 5.26 Å². The molecule has 3 nitrogen and oxygen atoms in total. The second-order valence-electron chi connectivity index (χ2n) is 10.1. The van der Waals surface area contributed by atoms with Crippen LogP contribution in [0.4, 0.5) is 17.1 Å². The first-order valence-electron chi connectivity index (χ1n) is 14.6. The average Bonchev–Trinajstić information content (AvgIpc) is 3.07. The molecular weight excluding hydrogens is 522 g/mol. The van der Waals surface area contributed by atoms with Gasteiger partial charge in [-0.05, 0) is 77.2 Å². The Morgan fingerprint density at radius 1 is 0.674 bits per heavy atom. The van der Waals surface area contributed by atoms with Crippen molar-refractivity contribution >= 4 is 34.3 Å². The van der Waals surface area contributed by atoms with Gasteiger partial charge in [0, 0.05) is 30.2 Å². The zero-order chi connectivity index (χ0) is 29.7. The molecule has 0 saturated heterocycles. The maximum atomic E-state index is 10.0. The van der Waals surface area contributed by atoms with Gasteiger partial charge in [-0.25, -0.2) is 0 Å². The van der Waals surface area contributed by atoms with Crippen molar-refractivity contribution in [3.63, 3.8) is 0 Å². The van der Waals surface area contributed by atoms with Gasteiger partial charge in [0.2, 0.25) is 0 Å². The van der Waals surface area contributed by atoms with E-state index in [1.807, 2.05) is 67.6 Å². The molecule has 0 aliphatic rings. The summed E-state index contributed by atoms with van der Waals surface area (Å²) < 4.78 is 0. The summed E-state index contributed by atoms with van der Waals surface area (Å²) in [5.41, 5.74) is 9.27. The first kappa shape index (κ1) is 29.1. The van der Waals surface area contributed by atoms with Gasteiger partial charge in [-0.1, -0.05) is 121 Å². The lowest BCUT2D eigenvalue weighted by molar-refractivity contribution is 0.760. The van der Waals surface area contributed by atoms with E-state index in [1.165, 1.54) is 5.56 Å². The predicted octanol–water partition coefficient (Wildman–Crippen LogP) is 9.97. The fourth-order valence-electron chi connectivity index (χ4n) is 4.97. The Morgan fingerprint density at radius 3 is 1.77 bits per heavy atom. The Kier molecular flexibility index (Phi) is 10.1. The number of allylic oxidation sites excluding steroid dienone is 4. The standard InChI is InChI=1S/C40H35N3/c1-2-12-34(27-28-42-31-33-13-6-3-7-14-33)35-21-23-36(24-22-35)37(30-41)29-32-19-25-40(26-20-32)43(38-15-8-4-9-16-38)39-17-10-5-11-18-39/h2-27,29,42H,28,31H2,1H3/b12-2-,34-27+,37-29+. The van der Waals surface area contributed by atoms with Crippen molar-refractivity contribution in [2.24, 2.45) is 0 Å². The highest BCUT2D eigenvalue weighted by atomic mass is 15.1. The van der Waals surface area contributed by atoms with Crippen molar-refractivity contribution < 1.29 is 0 Å². The molecule has 0 aliphatic heterocycles. The van der Waals surface area contributed by atoms with Gasteiger partial charge in [0.1, 0.15) is 0 Å². The summed E-state index contributed by atoms with van der Waals surface area (Å²) in [4.78, 5) is 2.23. The maximum absolute atomic E-state index is 10.0. The highest BCUT2D eigenvalue weighted by Crippen LogP contribution is 2.34. The van der Waals surface area contributed by atoms with Crippen LogP contribution in [0.1, 0.15) is 29.2 Å². The van der Waals surface area contributed by atoms with Gasteiger partial charge in [-0.2, -0.15) is 5.26 Å². The smallest absolute Gasteiger partial charge is 0.0998 e. The topological polar surface area (TPSA) is 39.1 Å². The van der Waals surface area contributed by atoms with Crippen LogP contribution in [0, 0.1) is 11.3 Å². The minimum atomic E-state index is 0.628. The molecule has 0 fully saturated rings. The van der Waals surface area contributed by atoms with Gasteiger partial charge in [0.05, 0.1) is 11.6 Å². The fraction of sp³-hybridized carbons (Fsp3) is 0.0750. The third-order valence-corrected chi connectivity index (χ3v) is 7.13. The van der Waals surface area contributed by atoms with Crippen LogP contribution in [0.25, 0.3) is 17.2 Å². The van der Waals surface area contributed by atoms with Gasteiger partial charge in [0.25, 0.3) is 0 Å². The summed E-state index contributed by atoms with van der Waals surface area (Å²) in [6.07, 6.45) is 8.33. The van der Waals surface area contributed by atoms with E-state index in [2.05, 4.69) is 119 Å². The molecule has 0 saturated carbocycles. The first-order chi connectivity index (χ1) is 21.2. The second kappa shape index (κ2) is 15.0. The molecule has 0 spiro atoms. The average molecular weight is 558 g/mol. The Bertz CT molecular complexity index is 1670. The van der Waals surface area contributed by atoms with E-state index >= 15 is 0 Å². The normalized spacial score (nSPS) is 11.8. The molecule has 0 radical (unpaired) electrons. The number of nitrogens with zero attached hydrogens (tertiary/aromatic N) is 2. The lowest BCUT2D eigenvalue weighted by Crippen LogP contribution is -2.13. The summed E-state index contributed by atoms with van der Waals surface area (Å²) in [5, 5.41) is 13.5. The van der Waals surface area contributed by atoms with Crippen molar-refractivity contribution in [3.8, 4) is 6.07 Å². The van der Waals surface area contributed by atoms with Crippen molar-refractivity contribution in [3.05, 3.63) is 180 Å². The first-order valence-corrected chi connectivity index (χ1v) is 14.6. The number of nitriles is 1. The lowest BCUT2D eigenvalue weighted by Gasteiger charge is -2.25. The van der Waals surface area contributed by atoms with E-state index < -0.39 is 0 Å². The van der Waals surface area contributed by atoms with Gasteiger partial charge >= 0.3 is 0 Å². The molecule has 0 aliphatic carbocycles. The minimum absolute atomic E-state index is 0.628. The van der Waals surface area contributed by atoms with Gasteiger partial charge in [0.15, 0.2) is 0 Å². The lowest BCUT2D eigenvalue weighted by atomic mass is 9.99. The molecule has 5 rings (SSSR count). The van der Waals surface area contributed by atoms with E-state index in [1.54, 1.807) is 0 Å². The molecule has 0 unspecified atom stereocenters. The van der Waals surface area contributed by atoms with Crippen LogP contribution in [-0.2, 0) is 6.54 Å². The Morgan fingerprint density at radius 2 is 1.21 bits per heavy atom. The van der Waals surface area contributed by atoms with Crippen LogP contribution < -0.4 is 10.2 Å². The maximum Gasteiger partial charge on any atom is 0.0998 e. The summed E-state index contributed by atoms with van der Waals surface area (Å²) in [7, 11) is 0. The van der Waals surface area contributed by atoms with Crippen molar-refractivity contribution in [1.82, 2.24) is 5.32 Å². The molecule has 0 bridgehead atoms. The summed E-state index contributed by atoms with van der Waals surface area (Å²) >= 11 is 0. The number of para-hydroxylation sites is 2. The van der Waals surface area contributed by atoms with E-state index in [0.717, 1.165) is 52.4 Å². The number of anilines is 3. The molecule has 0 atom stereocenters. The molecular formula is C40H35N3. The number of nitrogens with one attached hydrogen (secondary N) is 1. The molecule has 3 heteroatoms. The Hall–Kier alpha value is -5.43. The molecule has 1 N–H and O–H groups in total. The summed E-state index contributed by atoms with van der Waals surface area (Å²) in [6, 6.07) is 50.0. The van der Waals surface area contributed by atoms with E-state index in [0.29, 0.717) is 5.57 Å². The quantitative estimate of drug-likeness (QED) is 0.0760. The molecule has 43 heavy (non-hydrogen) atoms. The van der Waals surface area contributed by atoms with Crippen LogP contribution in [0.3, 0.4) is 0 Å². The molecule has 0 aromatic heterocycles. The third-order valence-electron chi connectivity index (χ3n) is 7.13. The van der Waals surface area contributed by atoms with Crippen molar-refractivity contribution in [2.45, 2.75) is 13.5 Å². The van der Waals surface area contributed by atoms with Crippen LogP contribution >= 0.6 is 0 Å². The van der Waals surface area contributed by atoms with Crippen LogP contribution in [0.5, 0.6) is 0 Å². The second-order valence-corrected chi connectivity index (χ2v) is 10.1. The fourth-order valence-corrected chi connectivity index (χ4v) is 4.97. The largest absolute Gasteiger partial charge is 0.311 e. The zero-order valence-corrected chi connectivity index (χ0v) is 24.4. The highest BCUT2D eigenvalue weighted by Gasteiger charge is 2.11. The number of hydrogen-bond donors (Lipinski definition) is 1. The van der Waals surface area contributed by atoms with Crippen LogP contribution in [0.15, 0.2) is 158 Å².